The molecule has 0 radical (unpaired) electrons. The number of nitrogens with one attached hydrogen (secondary N) is 1. The zero-order valence-electron chi connectivity index (χ0n) is 17.9. The van der Waals surface area contributed by atoms with Crippen LogP contribution in [0.2, 0.25) is 0 Å². The summed E-state index contributed by atoms with van der Waals surface area (Å²) in [4.78, 5) is 25.2. The third kappa shape index (κ3) is 3.85. The smallest absolute Gasteiger partial charge is 0.262 e. The molecule has 0 amide bonds. The van der Waals surface area contributed by atoms with Crippen LogP contribution in [0.15, 0.2) is 41.2 Å². The highest BCUT2D eigenvalue weighted by Gasteiger charge is 2.19. The summed E-state index contributed by atoms with van der Waals surface area (Å²) in [5, 5.41) is 0.418. The van der Waals surface area contributed by atoms with Gasteiger partial charge in [0.1, 0.15) is 22.7 Å². The number of piperazine rings is 1. The molecule has 1 N–H and O–H groups in total. The number of fused-ring (bicyclic) bond motifs is 1. The van der Waals surface area contributed by atoms with Crippen LogP contribution in [0.25, 0.3) is 22.3 Å². The van der Waals surface area contributed by atoms with Crippen molar-refractivity contribution in [2.24, 2.45) is 0 Å². The van der Waals surface area contributed by atoms with Gasteiger partial charge in [0.15, 0.2) is 0 Å². The van der Waals surface area contributed by atoms with Crippen molar-refractivity contribution in [2.45, 2.75) is 19.9 Å². The van der Waals surface area contributed by atoms with Crippen molar-refractivity contribution in [3.63, 3.8) is 0 Å². The molecule has 30 heavy (non-hydrogen) atoms. The van der Waals surface area contributed by atoms with Crippen molar-refractivity contribution in [2.75, 3.05) is 45.3 Å². The Kier molecular flexibility index (Phi) is 5.63. The number of nitrogens with zero attached hydrogens (tertiary/aromatic N) is 3. The summed E-state index contributed by atoms with van der Waals surface area (Å²) in [6.07, 6.45) is 0. The summed E-state index contributed by atoms with van der Waals surface area (Å²) >= 11 is 0. The number of H-pyrrole nitrogens is 1. The molecule has 1 aliphatic rings. The van der Waals surface area contributed by atoms with Gasteiger partial charge < -0.3 is 19.4 Å². The first kappa shape index (κ1) is 20.2. The minimum atomic E-state index is -0.233. The molecule has 1 saturated heterocycles. The summed E-state index contributed by atoms with van der Waals surface area (Å²) in [5.41, 5.74) is 2.36. The standard InChI is InChI=1S/C23H28N4O3/c1-15(2)26-9-11-27(12-10-26)17-7-5-16(6-8-17)22-24-19-13-18(29-3)14-20(30-4)21(19)23(28)25-22/h5-8,13-15H,9-12H2,1-4H3,(H,24,25,28). The van der Waals surface area contributed by atoms with Crippen LogP contribution in [-0.4, -0.2) is 61.3 Å². The third-order valence-electron chi connectivity index (χ3n) is 5.75. The minimum Gasteiger partial charge on any atom is -0.497 e. The van der Waals surface area contributed by atoms with E-state index in [4.69, 9.17) is 9.47 Å². The number of rotatable bonds is 5. The molecule has 3 aromatic rings. The summed E-state index contributed by atoms with van der Waals surface area (Å²) in [6.45, 7) is 8.66. The molecule has 7 heteroatoms. The first-order valence-corrected chi connectivity index (χ1v) is 10.3. The second-order valence-electron chi connectivity index (χ2n) is 7.80. The Morgan fingerprint density at radius 3 is 2.30 bits per heavy atom. The van der Waals surface area contributed by atoms with Gasteiger partial charge in [0, 0.05) is 55.6 Å². The highest BCUT2D eigenvalue weighted by molar-refractivity contribution is 5.87. The molecule has 0 bridgehead atoms. The summed E-state index contributed by atoms with van der Waals surface area (Å²) in [6, 6.07) is 12.2. The van der Waals surface area contributed by atoms with Gasteiger partial charge in [0.2, 0.25) is 0 Å². The molecule has 7 nitrogen and oxygen atoms in total. The fourth-order valence-corrected chi connectivity index (χ4v) is 3.95. The number of benzene rings is 2. The average Bonchev–Trinajstić information content (AvgIpc) is 2.78. The van der Waals surface area contributed by atoms with Gasteiger partial charge in [-0.25, -0.2) is 4.98 Å². The fraction of sp³-hybridized carbons (Fsp3) is 0.391. The molecule has 2 heterocycles. The zero-order chi connectivity index (χ0) is 21.3. The molecular formula is C23H28N4O3. The van der Waals surface area contributed by atoms with Crippen molar-refractivity contribution in [3.05, 3.63) is 46.8 Å². The van der Waals surface area contributed by atoms with E-state index in [1.807, 2.05) is 12.1 Å². The van der Waals surface area contributed by atoms with Crippen molar-refractivity contribution in [1.82, 2.24) is 14.9 Å². The zero-order valence-corrected chi connectivity index (χ0v) is 17.9. The lowest BCUT2D eigenvalue weighted by Gasteiger charge is -2.38. The molecule has 4 rings (SSSR count). The maximum Gasteiger partial charge on any atom is 0.262 e. The van der Waals surface area contributed by atoms with E-state index in [0.717, 1.165) is 31.7 Å². The highest BCUT2D eigenvalue weighted by Crippen LogP contribution is 2.29. The maximum atomic E-state index is 12.7. The molecule has 0 aliphatic carbocycles. The van der Waals surface area contributed by atoms with Crippen LogP contribution >= 0.6 is 0 Å². The van der Waals surface area contributed by atoms with Gasteiger partial charge in [0.25, 0.3) is 5.56 Å². The fourth-order valence-electron chi connectivity index (χ4n) is 3.95. The average molecular weight is 409 g/mol. The molecule has 1 aliphatic heterocycles. The van der Waals surface area contributed by atoms with Gasteiger partial charge in [0.05, 0.1) is 19.7 Å². The van der Waals surface area contributed by atoms with Crippen LogP contribution in [0.4, 0.5) is 5.69 Å². The number of hydrogen-bond donors (Lipinski definition) is 1. The van der Waals surface area contributed by atoms with Crippen LogP contribution in [0.3, 0.4) is 0 Å². The van der Waals surface area contributed by atoms with Crippen molar-refractivity contribution in [1.29, 1.82) is 0 Å². The Morgan fingerprint density at radius 1 is 1.00 bits per heavy atom. The Hall–Kier alpha value is -3.06. The summed E-state index contributed by atoms with van der Waals surface area (Å²) in [5.74, 6) is 1.57. The molecule has 0 atom stereocenters. The number of ether oxygens (including phenoxy) is 2. The van der Waals surface area contributed by atoms with E-state index in [9.17, 15) is 4.79 Å². The molecule has 158 valence electrons. The van der Waals surface area contributed by atoms with Gasteiger partial charge in [-0.1, -0.05) is 0 Å². The van der Waals surface area contributed by atoms with E-state index < -0.39 is 0 Å². The molecule has 1 fully saturated rings. The summed E-state index contributed by atoms with van der Waals surface area (Å²) < 4.78 is 10.7. The first-order chi connectivity index (χ1) is 14.5. The van der Waals surface area contributed by atoms with Crippen molar-refractivity contribution < 1.29 is 9.47 Å². The van der Waals surface area contributed by atoms with Gasteiger partial charge in [-0.2, -0.15) is 0 Å². The van der Waals surface area contributed by atoms with E-state index in [1.165, 1.54) is 12.8 Å². The van der Waals surface area contributed by atoms with Crippen LogP contribution in [0, 0.1) is 0 Å². The van der Waals surface area contributed by atoms with E-state index in [0.29, 0.717) is 34.3 Å². The van der Waals surface area contributed by atoms with E-state index in [-0.39, 0.29) is 5.56 Å². The predicted octanol–water partition coefficient (Wildman–Crippen LogP) is 3.14. The molecule has 0 saturated carbocycles. The molecule has 2 aromatic carbocycles. The quantitative estimate of drug-likeness (QED) is 0.699. The molecule has 1 aromatic heterocycles. The van der Waals surface area contributed by atoms with Crippen LogP contribution < -0.4 is 19.9 Å². The SMILES string of the molecule is COc1cc(OC)c2c(=O)[nH]c(-c3ccc(N4CCN(C(C)C)CC4)cc3)nc2c1. The second-order valence-corrected chi connectivity index (χ2v) is 7.80. The Morgan fingerprint density at radius 2 is 1.70 bits per heavy atom. The number of hydrogen-bond acceptors (Lipinski definition) is 6. The lowest BCUT2D eigenvalue weighted by Crippen LogP contribution is -2.48. The van der Waals surface area contributed by atoms with Crippen LogP contribution in [0.5, 0.6) is 11.5 Å². The third-order valence-corrected chi connectivity index (χ3v) is 5.75. The Bertz CT molecular complexity index is 1080. The topological polar surface area (TPSA) is 70.7 Å². The number of anilines is 1. The second kappa shape index (κ2) is 8.36. The number of aromatic amines is 1. The molecule has 0 unspecified atom stereocenters. The van der Waals surface area contributed by atoms with Crippen molar-refractivity contribution >= 4 is 16.6 Å². The van der Waals surface area contributed by atoms with Crippen LogP contribution in [0.1, 0.15) is 13.8 Å². The monoisotopic (exact) mass is 408 g/mol. The van der Waals surface area contributed by atoms with E-state index >= 15 is 0 Å². The van der Waals surface area contributed by atoms with Gasteiger partial charge in [-0.05, 0) is 38.1 Å². The number of methoxy groups -OCH3 is 2. The molecule has 0 spiro atoms. The molecular weight excluding hydrogens is 380 g/mol. The lowest BCUT2D eigenvalue weighted by molar-refractivity contribution is 0.209. The van der Waals surface area contributed by atoms with Crippen LogP contribution in [-0.2, 0) is 0 Å². The van der Waals surface area contributed by atoms with Gasteiger partial charge >= 0.3 is 0 Å². The van der Waals surface area contributed by atoms with Crippen molar-refractivity contribution in [3.8, 4) is 22.9 Å². The van der Waals surface area contributed by atoms with E-state index in [1.54, 1.807) is 19.2 Å². The Balaban J connectivity index is 1.62. The summed E-state index contributed by atoms with van der Waals surface area (Å²) in [7, 11) is 3.11. The van der Waals surface area contributed by atoms with E-state index in [2.05, 4.69) is 45.7 Å². The maximum absolute atomic E-state index is 12.7. The largest absolute Gasteiger partial charge is 0.497 e. The number of aromatic nitrogens is 2. The normalized spacial score (nSPS) is 15.0. The van der Waals surface area contributed by atoms with Gasteiger partial charge in [-0.15, -0.1) is 0 Å². The lowest BCUT2D eigenvalue weighted by atomic mass is 10.1. The first-order valence-electron chi connectivity index (χ1n) is 10.3. The minimum absolute atomic E-state index is 0.233. The highest BCUT2D eigenvalue weighted by atomic mass is 16.5. The predicted molar refractivity (Wildman–Crippen MR) is 120 cm³/mol. The van der Waals surface area contributed by atoms with Gasteiger partial charge in [-0.3, -0.25) is 9.69 Å². The Labute approximate surface area is 176 Å².